The number of hydrogen-bond donors (Lipinski definition) is 2. The third-order valence-corrected chi connectivity index (χ3v) is 13.6. The zero-order valence-electron chi connectivity index (χ0n) is 29.5. The summed E-state index contributed by atoms with van der Waals surface area (Å²) in [5.41, 5.74) is 0.646. The maximum Gasteiger partial charge on any atom is 0.404 e. The number of likely N-dealkylation sites (N-methyl/N-ethyl adjacent to an activating group) is 1. The van der Waals surface area contributed by atoms with Gasteiger partial charge in [-0.15, -0.1) is 0 Å². The van der Waals surface area contributed by atoms with Gasteiger partial charge in [-0.2, -0.15) is 5.26 Å². The number of benzene rings is 2. The van der Waals surface area contributed by atoms with Crippen LogP contribution < -0.4 is 10.2 Å². The Morgan fingerprint density at radius 1 is 1.06 bits per heavy atom. The smallest absolute Gasteiger partial charge is 0.404 e. The average Bonchev–Trinajstić information content (AvgIpc) is 3.50. The van der Waals surface area contributed by atoms with Crippen LogP contribution in [0.25, 0.3) is 0 Å². The highest BCUT2D eigenvalue weighted by Gasteiger charge is 2.53. The molecule has 274 valence electrons. The third kappa shape index (κ3) is 7.78. The predicted octanol–water partition coefficient (Wildman–Crippen LogP) is 3.97. The average molecular weight is 721 g/mol. The van der Waals surface area contributed by atoms with E-state index in [0.29, 0.717) is 24.4 Å². The van der Waals surface area contributed by atoms with Crippen LogP contribution in [0.5, 0.6) is 0 Å². The molecule has 4 aliphatic rings. The molecule has 3 aliphatic heterocycles. The number of piperidine rings is 1. The van der Waals surface area contributed by atoms with Crippen LogP contribution in [0.15, 0.2) is 65.6 Å². The van der Waals surface area contributed by atoms with Gasteiger partial charge in [-0.25, -0.2) is 17.6 Å². The highest BCUT2D eigenvalue weighted by molar-refractivity contribution is 7.92. The van der Waals surface area contributed by atoms with Gasteiger partial charge in [-0.3, -0.25) is 4.79 Å². The summed E-state index contributed by atoms with van der Waals surface area (Å²) in [6.07, 6.45) is 5.93. The standard InChI is InChI=1S/C38H49FN6O5S/c1-42(2)17-5-10-36(46)45-24-33(25-45)51(49,50)32-13-11-31(12-14-32)44-22-27(23-44)21-43-18-15-28(16-19-43)38(26-40,29-6-3-7-30(39)20-29)34-8-4-9-35(34)41-37(47)48/h3,5-7,10-14,20,27-28,33-35,41H,4,8-9,15-19,21-25H2,1-2H3,(H,47,48)/b10-5+/t34-,35-,38-/m0/s1. The van der Waals surface area contributed by atoms with E-state index in [1.807, 2.05) is 37.2 Å². The molecule has 3 saturated heterocycles. The van der Waals surface area contributed by atoms with E-state index in [1.54, 1.807) is 29.2 Å². The lowest BCUT2D eigenvalue weighted by atomic mass is 9.59. The number of anilines is 1. The molecule has 0 radical (unpaired) electrons. The summed E-state index contributed by atoms with van der Waals surface area (Å²) in [6.45, 7) is 5.32. The van der Waals surface area contributed by atoms with E-state index in [1.165, 1.54) is 18.2 Å². The van der Waals surface area contributed by atoms with Crippen LogP contribution >= 0.6 is 0 Å². The Hall–Kier alpha value is -3.99. The Labute approximate surface area is 300 Å². The first-order valence-corrected chi connectivity index (χ1v) is 19.5. The van der Waals surface area contributed by atoms with Gasteiger partial charge in [0.15, 0.2) is 9.84 Å². The largest absolute Gasteiger partial charge is 0.465 e. The van der Waals surface area contributed by atoms with Crippen molar-refractivity contribution < 1.29 is 27.5 Å². The minimum Gasteiger partial charge on any atom is -0.465 e. The van der Waals surface area contributed by atoms with Crippen molar-refractivity contribution in [2.75, 3.05) is 71.4 Å². The fourth-order valence-corrected chi connectivity index (χ4v) is 10.4. The Kier molecular flexibility index (Phi) is 11.0. The molecule has 13 heteroatoms. The molecule has 2 N–H and O–H groups in total. The lowest BCUT2D eigenvalue weighted by Gasteiger charge is -2.48. The van der Waals surface area contributed by atoms with Crippen molar-refractivity contribution in [1.82, 2.24) is 20.0 Å². The van der Waals surface area contributed by atoms with Crippen molar-refractivity contribution in [2.24, 2.45) is 17.8 Å². The number of amides is 2. The summed E-state index contributed by atoms with van der Waals surface area (Å²) in [4.78, 5) is 32.4. The number of hydrogen-bond acceptors (Lipinski definition) is 8. The van der Waals surface area contributed by atoms with E-state index >= 15 is 0 Å². The molecule has 1 saturated carbocycles. The SMILES string of the molecule is CN(C)C/C=C/C(=O)N1CC(S(=O)(=O)c2ccc(N3CC(CN4CCC([C@@](C#N)(c5cccc(F)c5)[C@H]5CCC[C@@H]5NC(=O)O)CC4)C3)cc2)C1. The van der Waals surface area contributed by atoms with Gasteiger partial charge in [0, 0.05) is 68.9 Å². The number of likely N-dealkylation sites (tertiary alicyclic amines) is 2. The summed E-state index contributed by atoms with van der Waals surface area (Å²) < 4.78 is 41.0. The van der Waals surface area contributed by atoms with E-state index in [9.17, 15) is 32.8 Å². The number of carbonyl (C=O) groups excluding carboxylic acids is 1. The molecule has 3 atom stereocenters. The zero-order valence-corrected chi connectivity index (χ0v) is 30.3. The molecule has 6 rings (SSSR count). The van der Waals surface area contributed by atoms with E-state index in [4.69, 9.17) is 0 Å². The third-order valence-electron chi connectivity index (χ3n) is 11.5. The monoisotopic (exact) mass is 720 g/mol. The molecule has 0 aromatic heterocycles. The highest BCUT2D eigenvalue weighted by Crippen LogP contribution is 2.50. The molecule has 2 aromatic rings. The van der Waals surface area contributed by atoms with Gasteiger partial charge in [-0.1, -0.05) is 24.6 Å². The van der Waals surface area contributed by atoms with Gasteiger partial charge in [0.05, 0.1) is 16.4 Å². The summed E-state index contributed by atoms with van der Waals surface area (Å²) in [7, 11) is 0.291. The first kappa shape index (κ1) is 36.8. The number of sulfone groups is 1. The maximum atomic E-state index is 14.5. The number of halogens is 1. The van der Waals surface area contributed by atoms with Crippen molar-refractivity contribution in [3.05, 3.63) is 72.1 Å². The van der Waals surface area contributed by atoms with Gasteiger partial charge in [0.25, 0.3) is 0 Å². The molecular weight excluding hydrogens is 672 g/mol. The minimum atomic E-state index is -3.53. The first-order chi connectivity index (χ1) is 24.4. The second-order valence-corrected chi connectivity index (χ2v) is 17.2. The second kappa shape index (κ2) is 15.3. The molecule has 0 unspecified atom stereocenters. The van der Waals surface area contributed by atoms with E-state index in [2.05, 4.69) is 21.2 Å². The van der Waals surface area contributed by atoms with E-state index < -0.39 is 32.4 Å². The molecule has 4 fully saturated rings. The topological polar surface area (TPSA) is 137 Å². The van der Waals surface area contributed by atoms with E-state index in [-0.39, 0.29) is 41.8 Å². The number of carbonyl (C=O) groups is 2. The molecule has 2 amide bonds. The normalized spacial score (nSPS) is 23.5. The summed E-state index contributed by atoms with van der Waals surface area (Å²) in [6, 6.07) is 15.7. The summed E-state index contributed by atoms with van der Waals surface area (Å²) in [5, 5.41) is 22.4. The minimum absolute atomic E-state index is 0.0251. The Balaban J connectivity index is 1.01. The van der Waals surface area contributed by atoms with E-state index in [0.717, 1.165) is 64.1 Å². The number of carboxylic acid groups (broad SMARTS) is 1. The molecule has 0 bridgehead atoms. The Morgan fingerprint density at radius 3 is 2.39 bits per heavy atom. The fourth-order valence-electron chi connectivity index (χ4n) is 8.73. The van der Waals surface area contributed by atoms with Crippen LogP contribution in [0.1, 0.15) is 37.7 Å². The highest BCUT2D eigenvalue weighted by atomic mass is 32.2. The van der Waals surface area contributed by atoms with Crippen molar-refractivity contribution in [3.63, 3.8) is 0 Å². The summed E-state index contributed by atoms with van der Waals surface area (Å²) >= 11 is 0. The molecule has 2 aromatic carbocycles. The number of nitrogens with zero attached hydrogens (tertiary/aromatic N) is 5. The lowest BCUT2D eigenvalue weighted by Crippen LogP contribution is -2.56. The molecule has 0 spiro atoms. The van der Waals surface area contributed by atoms with Crippen molar-refractivity contribution in [2.45, 2.75) is 53.7 Å². The number of nitriles is 1. The van der Waals surface area contributed by atoms with Gasteiger partial charge in [-0.05, 0) is 101 Å². The van der Waals surface area contributed by atoms with Crippen LogP contribution in [-0.2, 0) is 20.0 Å². The lowest BCUT2D eigenvalue weighted by molar-refractivity contribution is -0.129. The maximum absolute atomic E-state index is 14.5. The quantitative estimate of drug-likeness (QED) is 0.312. The van der Waals surface area contributed by atoms with Crippen LogP contribution in [0.3, 0.4) is 0 Å². The van der Waals surface area contributed by atoms with Gasteiger partial charge in [0.1, 0.15) is 11.1 Å². The molecule has 11 nitrogen and oxygen atoms in total. The van der Waals surface area contributed by atoms with Crippen LogP contribution in [-0.4, -0.2) is 118 Å². The van der Waals surface area contributed by atoms with Crippen molar-refractivity contribution in [3.8, 4) is 6.07 Å². The van der Waals surface area contributed by atoms with Gasteiger partial charge < -0.3 is 30.0 Å². The fraction of sp³-hybridized carbons (Fsp3) is 0.553. The van der Waals surface area contributed by atoms with Crippen LogP contribution in [0.4, 0.5) is 14.9 Å². The number of rotatable bonds is 12. The number of nitrogens with one attached hydrogen (secondary N) is 1. The predicted molar refractivity (Wildman–Crippen MR) is 193 cm³/mol. The van der Waals surface area contributed by atoms with Gasteiger partial charge >= 0.3 is 6.09 Å². The molecule has 51 heavy (non-hydrogen) atoms. The first-order valence-electron chi connectivity index (χ1n) is 18.0. The van der Waals surface area contributed by atoms with Crippen LogP contribution in [0, 0.1) is 34.9 Å². The van der Waals surface area contributed by atoms with Crippen molar-refractivity contribution in [1.29, 1.82) is 5.26 Å². The van der Waals surface area contributed by atoms with Crippen molar-refractivity contribution >= 4 is 27.5 Å². The molecular formula is C38H49FN6O5S. The van der Waals surface area contributed by atoms with Crippen LogP contribution in [0.2, 0.25) is 0 Å². The molecule has 3 heterocycles. The Morgan fingerprint density at radius 2 is 1.76 bits per heavy atom. The zero-order chi connectivity index (χ0) is 36.3. The second-order valence-electron chi connectivity index (χ2n) is 15.0. The van der Waals surface area contributed by atoms with Gasteiger partial charge in [0.2, 0.25) is 5.91 Å². The molecule has 1 aliphatic carbocycles. The Bertz CT molecular complexity index is 1740. The summed E-state index contributed by atoms with van der Waals surface area (Å²) in [5.74, 6) is -0.353.